The maximum absolute atomic E-state index is 11.9. The molecule has 3 nitrogen and oxygen atoms in total. The summed E-state index contributed by atoms with van der Waals surface area (Å²) in [5.41, 5.74) is 3.10. The molecule has 21 heavy (non-hydrogen) atoms. The number of amides is 1. The van der Waals surface area contributed by atoms with Crippen molar-refractivity contribution in [2.45, 2.75) is 19.9 Å². The molecule has 0 radical (unpaired) electrons. The Morgan fingerprint density at radius 3 is 2.52 bits per heavy atom. The van der Waals surface area contributed by atoms with E-state index in [2.05, 4.69) is 10.6 Å². The normalized spacial score (nSPS) is 10.4. The molecule has 0 bridgehead atoms. The van der Waals surface area contributed by atoms with Crippen LogP contribution in [0.25, 0.3) is 0 Å². The summed E-state index contributed by atoms with van der Waals surface area (Å²) >= 11 is 5.83. The summed E-state index contributed by atoms with van der Waals surface area (Å²) in [6.07, 6.45) is 0.446. The average molecular weight is 303 g/mol. The summed E-state index contributed by atoms with van der Waals surface area (Å²) in [5, 5.41) is 6.90. The number of carbonyl (C=O) groups excluding carboxylic acids is 1. The molecule has 0 aliphatic carbocycles. The van der Waals surface area contributed by atoms with Crippen molar-refractivity contribution < 1.29 is 4.79 Å². The number of hydrogen-bond acceptors (Lipinski definition) is 2. The van der Waals surface area contributed by atoms with E-state index in [1.54, 1.807) is 0 Å². The Morgan fingerprint density at radius 1 is 1.10 bits per heavy atom. The Labute approximate surface area is 130 Å². The van der Waals surface area contributed by atoms with Crippen LogP contribution in [-0.4, -0.2) is 12.5 Å². The molecule has 0 saturated heterocycles. The van der Waals surface area contributed by atoms with E-state index in [4.69, 9.17) is 11.6 Å². The number of carbonyl (C=O) groups is 1. The highest BCUT2D eigenvalue weighted by atomic mass is 35.5. The first-order valence-electron chi connectivity index (χ1n) is 6.96. The number of hydrogen-bond donors (Lipinski definition) is 2. The second-order valence-corrected chi connectivity index (χ2v) is 5.35. The van der Waals surface area contributed by atoms with Gasteiger partial charge in [0, 0.05) is 30.2 Å². The van der Waals surface area contributed by atoms with E-state index in [9.17, 15) is 4.79 Å². The van der Waals surface area contributed by atoms with Gasteiger partial charge in [-0.25, -0.2) is 0 Å². The second-order valence-electron chi connectivity index (χ2n) is 4.92. The number of anilines is 1. The molecule has 0 heterocycles. The van der Waals surface area contributed by atoms with Crippen LogP contribution in [0.1, 0.15) is 17.5 Å². The van der Waals surface area contributed by atoms with Gasteiger partial charge in [0.25, 0.3) is 0 Å². The number of aryl methyl sites for hydroxylation is 1. The molecule has 1 amide bonds. The van der Waals surface area contributed by atoms with Gasteiger partial charge in [-0.2, -0.15) is 0 Å². The summed E-state index contributed by atoms with van der Waals surface area (Å²) in [7, 11) is 0. The first kappa shape index (κ1) is 15.5. The van der Waals surface area contributed by atoms with E-state index in [-0.39, 0.29) is 5.91 Å². The molecule has 110 valence electrons. The fraction of sp³-hybridized carbons (Fsp3) is 0.235. The molecule has 0 saturated carbocycles. The van der Waals surface area contributed by atoms with Crippen molar-refractivity contribution >= 4 is 23.2 Å². The van der Waals surface area contributed by atoms with Crippen LogP contribution in [0.2, 0.25) is 5.02 Å². The van der Waals surface area contributed by atoms with Crippen molar-refractivity contribution in [1.29, 1.82) is 0 Å². The van der Waals surface area contributed by atoms with Crippen molar-refractivity contribution in [2.24, 2.45) is 0 Å². The molecule has 0 unspecified atom stereocenters. The summed E-state index contributed by atoms with van der Waals surface area (Å²) in [4.78, 5) is 11.9. The fourth-order valence-electron chi connectivity index (χ4n) is 1.96. The zero-order chi connectivity index (χ0) is 15.1. The Balaban J connectivity index is 1.70. The fourth-order valence-corrected chi connectivity index (χ4v) is 2.09. The predicted octanol–water partition coefficient (Wildman–Crippen LogP) is 3.77. The molecular weight excluding hydrogens is 284 g/mol. The largest absolute Gasteiger partial charge is 0.326 e. The Bertz CT molecular complexity index is 596. The van der Waals surface area contributed by atoms with Crippen LogP contribution in [0, 0.1) is 6.92 Å². The molecule has 0 fully saturated rings. The highest BCUT2D eigenvalue weighted by Crippen LogP contribution is 2.13. The topological polar surface area (TPSA) is 41.1 Å². The van der Waals surface area contributed by atoms with Crippen molar-refractivity contribution in [2.75, 3.05) is 11.9 Å². The zero-order valence-electron chi connectivity index (χ0n) is 12.0. The van der Waals surface area contributed by atoms with Crippen LogP contribution < -0.4 is 10.6 Å². The zero-order valence-corrected chi connectivity index (χ0v) is 12.8. The van der Waals surface area contributed by atoms with Gasteiger partial charge in [-0.15, -0.1) is 0 Å². The molecule has 0 aliphatic heterocycles. The number of para-hydroxylation sites is 1. The van der Waals surface area contributed by atoms with Gasteiger partial charge in [0.05, 0.1) is 0 Å². The highest BCUT2D eigenvalue weighted by molar-refractivity contribution is 6.30. The molecule has 0 spiro atoms. The molecule has 0 aliphatic rings. The van der Waals surface area contributed by atoms with E-state index in [0.29, 0.717) is 13.0 Å². The molecule has 2 aromatic rings. The molecule has 0 atom stereocenters. The van der Waals surface area contributed by atoms with Crippen LogP contribution in [0.15, 0.2) is 48.5 Å². The van der Waals surface area contributed by atoms with Crippen molar-refractivity contribution in [3.05, 3.63) is 64.7 Å². The molecule has 2 N–H and O–H groups in total. The molecular formula is C17H19ClN2O. The minimum absolute atomic E-state index is 0.0212. The number of halogens is 1. The lowest BCUT2D eigenvalue weighted by Gasteiger charge is -2.08. The number of rotatable bonds is 6. The predicted molar refractivity (Wildman–Crippen MR) is 87.6 cm³/mol. The first-order chi connectivity index (χ1) is 10.1. The summed E-state index contributed by atoms with van der Waals surface area (Å²) < 4.78 is 0. The van der Waals surface area contributed by atoms with Gasteiger partial charge in [0.15, 0.2) is 0 Å². The SMILES string of the molecule is Cc1ccccc1NC(=O)CCNCc1ccc(Cl)cc1. The molecule has 2 aromatic carbocycles. The first-order valence-corrected chi connectivity index (χ1v) is 7.33. The maximum Gasteiger partial charge on any atom is 0.225 e. The Kier molecular flexibility index (Phi) is 5.78. The lowest BCUT2D eigenvalue weighted by atomic mass is 10.2. The van der Waals surface area contributed by atoms with Crippen LogP contribution in [0.5, 0.6) is 0 Å². The Hall–Kier alpha value is -1.84. The van der Waals surface area contributed by atoms with Gasteiger partial charge in [-0.1, -0.05) is 41.9 Å². The van der Waals surface area contributed by atoms with Crippen LogP contribution in [0.4, 0.5) is 5.69 Å². The van der Waals surface area contributed by atoms with Crippen molar-refractivity contribution in [1.82, 2.24) is 5.32 Å². The third-order valence-electron chi connectivity index (χ3n) is 3.19. The number of nitrogens with one attached hydrogen (secondary N) is 2. The van der Waals surface area contributed by atoms with Crippen LogP contribution in [-0.2, 0) is 11.3 Å². The van der Waals surface area contributed by atoms with E-state index in [0.717, 1.165) is 28.4 Å². The monoisotopic (exact) mass is 302 g/mol. The van der Waals surface area contributed by atoms with Gasteiger partial charge in [0.2, 0.25) is 5.91 Å². The lowest BCUT2D eigenvalue weighted by Crippen LogP contribution is -2.21. The highest BCUT2D eigenvalue weighted by Gasteiger charge is 2.03. The van der Waals surface area contributed by atoms with Gasteiger partial charge in [0.1, 0.15) is 0 Å². The summed E-state index contributed by atoms with van der Waals surface area (Å²) in [6, 6.07) is 15.4. The minimum atomic E-state index is 0.0212. The van der Waals surface area contributed by atoms with E-state index >= 15 is 0 Å². The van der Waals surface area contributed by atoms with E-state index in [1.165, 1.54) is 0 Å². The Morgan fingerprint density at radius 2 is 1.81 bits per heavy atom. The second kappa shape index (κ2) is 7.81. The molecule has 2 rings (SSSR count). The van der Waals surface area contributed by atoms with Gasteiger partial charge in [-0.3, -0.25) is 4.79 Å². The van der Waals surface area contributed by atoms with Gasteiger partial charge >= 0.3 is 0 Å². The number of benzene rings is 2. The maximum atomic E-state index is 11.9. The summed E-state index contributed by atoms with van der Waals surface area (Å²) in [5.74, 6) is 0.0212. The average Bonchev–Trinajstić information content (AvgIpc) is 2.48. The molecule has 4 heteroatoms. The quantitative estimate of drug-likeness (QED) is 0.798. The van der Waals surface area contributed by atoms with Crippen molar-refractivity contribution in [3.8, 4) is 0 Å². The third-order valence-corrected chi connectivity index (χ3v) is 3.44. The van der Waals surface area contributed by atoms with Crippen molar-refractivity contribution in [3.63, 3.8) is 0 Å². The lowest BCUT2D eigenvalue weighted by molar-refractivity contribution is -0.116. The van der Waals surface area contributed by atoms with Gasteiger partial charge < -0.3 is 10.6 Å². The standard InChI is InChI=1S/C17H19ClN2O/c1-13-4-2-3-5-16(13)20-17(21)10-11-19-12-14-6-8-15(18)9-7-14/h2-9,19H,10-12H2,1H3,(H,20,21). The van der Waals surface area contributed by atoms with E-state index < -0.39 is 0 Å². The summed E-state index contributed by atoms with van der Waals surface area (Å²) in [6.45, 7) is 3.35. The third kappa shape index (κ3) is 5.21. The van der Waals surface area contributed by atoms with E-state index in [1.807, 2.05) is 55.5 Å². The smallest absolute Gasteiger partial charge is 0.225 e. The van der Waals surface area contributed by atoms with Crippen LogP contribution in [0.3, 0.4) is 0 Å². The minimum Gasteiger partial charge on any atom is -0.326 e. The molecule has 0 aromatic heterocycles. The van der Waals surface area contributed by atoms with Gasteiger partial charge in [-0.05, 0) is 36.2 Å². The van der Waals surface area contributed by atoms with Crippen LogP contribution >= 0.6 is 11.6 Å².